The highest BCUT2D eigenvalue weighted by Gasteiger charge is 2.16. The van der Waals surface area contributed by atoms with Crippen LogP contribution in [0.15, 0.2) is 0 Å². The van der Waals surface area contributed by atoms with Crippen molar-refractivity contribution in [3.63, 3.8) is 0 Å². The van der Waals surface area contributed by atoms with Gasteiger partial charge in [-0.15, -0.1) is 0 Å². The molecule has 0 saturated heterocycles. The summed E-state index contributed by atoms with van der Waals surface area (Å²) in [6.45, 7) is 2.28. The molecule has 0 bridgehead atoms. The summed E-state index contributed by atoms with van der Waals surface area (Å²) in [4.78, 5) is 11.0. The molecule has 5 heteroatoms. The van der Waals surface area contributed by atoms with E-state index in [1.54, 1.807) is 0 Å². The van der Waals surface area contributed by atoms with Crippen LogP contribution in [0, 0.1) is 0 Å². The monoisotopic (exact) mass is 446 g/mol. The quantitative estimate of drug-likeness (QED) is 0.126. The predicted octanol–water partition coefficient (Wildman–Crippen LogP) is 8.39. The highest BCUT2D eigenvalue weighted by atomic mass is 32.2. The first-order valence-electron chi connectivity index (χ1n) is 13.0. The van der Waals surface area contributed by atoms with Crippen molar-refractivity contribution >= 4 is 15.2 Å². The third-order valence-electron chi connectivity index (χ3n) is 6.02. The van der Waals surface area contributed by atoms with E-state index in [-0.39, 0.29) is 6.42 Å². The Morgan fingerprint density at radius 1 is 0.500 bits per heavy atom. The summed E-state index contributed by atoms with van der Waals surface area (Å²) in [5.74, 6) is 0. The van der Waals surface area contributed by atoms with E-state index in [9.17, 15) is 13.2 Å². The van der Waals surface area contributed by atoms with Gasteiger partial charge in [0.25, 0.3) is 5.12 Å². The molecule has 0 saturated carbocycles. The number of unbranched alkanes of at least 4 members (excludes halogenated alkanes) is 21. The average Bonchev–Trinajstić information content (AvgIpc) is 2.71. The van der Waals surface area contributed by atoms with Gasteiger partial charge in [-0.3, -0.25) is 9.35 Å². The SMILES string of the molecule is CCCCCCCCCCCCCCCCCCCCCCCCC(=O)S(=O)(=O)O. The molecule has 0 atom stereocenters. The third kappa shape index (κ3) is 22.3. The zero-order valence-corrected chi connectivity index (χ0v) is 20.7. The molecule has 0 heterocycles. The Bertz CT molecular complexity index is 474. The van der Waals surface area contributed by atoms with Crippen molar-refractivity contribution < 1.29 is 17.8 Å². The molecule has 0 unspecified atom stereocenters. The van der Waals surface area contributed by atoms with Crippen LogP contribution in [0.5, 0.6) is 0 Å². The first-order valence-corrected chi connectivity index (χ1v) is 14.4. The summed E-state index contributed by atoms with van der Waals surface area (Å²) >= 11 is 0. The summed E-state index contributed by atoms with van der Waals surface area (Å²) in [6.07, 6.45) is 28.5. The topological polar surface area (TPSA) is 71.4 Å². The average molecular weight is 447 g/mol. The van der Waals surface area contributed by atoms with Crippen molar-refractivity contribution in [2.45, 2.75) is 155 Å². The van der Waals surface area contributed by atoms with Gasteiger partial charge in [0.2, 0.25) is 0 Å². The Kier molecular flexibility index (Phi) is 21.5. The molecule has 0 aliphatic heterocycles. The molecule has 0 aromatic heterocycles. The maximum absolute atomic E-state index is 11.0. The summed E-state index contributed by atoms with van der Waals surface area (Å²) in [6, 6.07) is 0. The number of rotatable bonds is 23. The van der Waals surface area contributed by atoms with Crippen molar-refractivity contribution in [1.82, 2.24) is 0 Å². The van der Waals surface area contributed by atoms with E-state index < -0.39 is 15.2 Å². The Labute approximate surface area is 187 Å². The van der Waals surface area contributed by atoms with Crippen molar-refractivity contribution in [2.24, 2.45) is 0 Å². The van der Waals surface area contributed by atoms with Gasteiger partial charge in [0.05, 0.1) is 0 Å². The van der Waals surface area contributed by atoms with E-state index in [1.807, 2.05) is 0 Å². The summed E-state index contributed by atoms with van der Waals surface area (Å²) in [7, 11) is -4.47. The maximum Gasteiger partial charge on any atom is 0.328 e. The van der Waals surface area contributed by atoms with E-state index in [4.69, 9.17) is 4.55 Å². The summed E-state index contributed by atoms with van der Waals surface area (Å²) in [5, 5.41) is -1.05. The van der Waals surface area contributed by atoms with Crippen molar-refractivity contribution in [3.05, 3.63) is 0 Å². The zero-order valence-electron chi connectivity index (χ0n) is 19.8. The lowest BCUT2D eigenvalue weighted by Gasteiger charge is -2.04. The van der Waals surface area contributed by atoms with Gasteiger partial charge in [-0.1, -0.05) is 142 Å². The molecule has 180 valence electrons. The van der Waals surface area contributed by atoms with E-state index in [0.717, 1.165) is 19.3 Å². The molecule has 1 N–H and O–H groups in total. The molecular weight excluding hydrogens is 396 g/mol. The van der Waals surface area contributed by atoms with Crippen LogP contribution in [-0.4, -0.2) is 18.1 Å². The van der Waals surface area contributed by atoms with Gasteiger partial charge in [0, 0.05) is 6.42 Å². The van der Waals surface area contributed by atoms with Crippen LogP contribution >= 0.6 is 0 Å². The fourth-order valence-electron chi connectivity index (χ4n) is 4.01. The second-order valence-corrected chi connectivity index (χ2v) is 10.4. The standard InChI is InChI=1S/C25H50O4S/c1-2-3-4-5-6-7-8-9-10-11-12-13-14-15-16-17-18-19-20-21-22-23-24-25(26)30(27,28)29/h2-24H2,1H3,(H,27,28,29). The van der Waals surface area contributed by atoms with Gasteiger partial charge in [-0.05, 0) is 6.42 Å². The molecular formula is C25H50O4S. The number of hydrogen-bond acceptors (Lipinski definition) is 3. The Hall–Kier alpha value is -0.420. The van der Waals surface area contributed by atoms with Crippen LogP contribution in [0.25, 0.3) is 0 Å². The van der Waals surface area contributed by atoms with Crippen molar-refractivity contribution in [2.75, 3.05) is 0 Å². The first kappa shape index (κ1) is 29.6. The summed E-state index contributed by atoms with van der Waals surface area (Å²) in [5.41, 5.74) is 0. The minimum absolute atomic E-state index is 0.0576. The zero-order chi connectivity index (χ0) is 22.3. The highest BCUT2D eigenvalue weighted by molar-refractivity contribution is 8.01. The lowest BCUT2D eigenvalue weighted by atomic mass is 10.0. The first-order chi connectivity index (χ1) is 14.5. The molecule has 0 radical (unpaired) electrons. The van der Waals surface area contributed by atoms with E-state index >= 15 is 0 Å². The third-order valence-corrected chi connectivity index (χ3v) is 6.80. The number of carbonyl (C=O) groups is 1. The van der Waals surface area contributed by atoms with Gasteiger partial charge in [0.1, 0.15) is 0 Å². The number of hydrogen-bond donors (Lipinski definition) is 1. The summed E-state index contributed by atoms with van der Waals surface area (Å²) < 4.78 is 29.8. The fourth-order valence-corrected chi connectivity index (χ4v) is 4.41. The van der Waals surface area contributed by atoms with Crippen LogP contribution in [0.4, 0.5) is 0 Å². The molecule has 0 aromatic rings. The van der Waals surface area contributed by atoms with Crippen molar-refractivity contribution in [1.29, 1.82) is 0 Å². The smallest absolute Gasteiger partial charge is 0.280 e. The lowest BCUT2D eigenvalue weighted by molar-refractivity contribution is -0.112. The van der Waals surface area contributed by atoms with Gasteiger partial charge >= 0.3 is 10.1 Å². The molecule has 0 aliphatic rings. The van der Waals surface area contributed by atoms with Gasteiger partial charge in [-0.25, -0.2) is 0 Å². The molecule has 0 rings (SSSR count). The fraction of sp³-hybridized carbons (Fsp3) is 0.960. The Morgan fingerprint density at radius 3 is 0.967 bits per heavy atom. The molecule has 0 aliphatic carbocycles. The van der Waals surface area contributed by atoms with E-state index in [1.165, 1.54) is 116 Å². The maximum atomic E-state index is 11.0. The second kappa shape index (κ2) is 21.8. The largest absolute Gasteiger partial charge is 0.328 e. The minimum Gasteiger partial charge on any atom is -0.280 e. The predicted molar refractivity (Wildman–Crippen MR) is 128 cm³/mol. The molecule has 0 spiro atoms. The minimum atomic E-state index is -4.47. The van der Waals surface area contributed by atoms with E-state index in [0.29, 0.717) is 6.42 Å². The van der Waals surface area contributed by atoms with E-state index in [2.05, 4.69) is 6.92 Å². The number of carbonyl (C=O) groups excluding carboxylic acids is 1. The lowest BCUT2D eigenvalue weighted by Crippen LogP contribution is -2.12. The Balaban J connectivity index is 3.11. The highest BCUT2D eigenvalue weighted by Crippen LogP contribution is 2.15. The molecule has 30 heavy (non-hydrogen) atoms. The molecule has 0 amide bonds. The van der Waals surface area contributed by atoms with Gasteiger partial charge < -0.3 is 0 Å². The van der Waals surface area contributed by atoms with Crippen LogP contribution in [0.3, 0.4) is 0 Å². The van der Waals surface area contributed by atoms with Crippen LogP contribution < -0.4 is 0 Å². The van der Waals surface area contributed by atoms with Crippen LogP contribution in [-0.2, 0) is 14.9 Å². The molecule has 0 aromatic carbocycles. The van der Waals surface area contributed by atoms with Crippen LogP contribution in [0.1, 0.15) is 155 Å². The van der Waals surface area contributed by atoms with Gasteiger partial charge in [0.15, 0.2) is 0 Å². The second-order valence-electron chi connectivity index (χ2n) is 9.02. The van der Waals surface area contributed by atoms with Crippen LogP contribution in [0.2, 0.25) is 0 Å². The molecule has 0 fully saturated rings. The van der Waals surface area contributed by atoms with Crippen molar-refractivity contribution in [3.8, 4) is 0 Å². The molecule has 4 nitrogen and oxygen atoms in total. The van der Waals surface area contributed by atoms with Gasteiger partial charge in [-0.2, -0.15) is 8.42 Å². The Morgan fingerprint density at radius 2 is 0.733 bits per heavy atom. The normalized spacial score (nSPS) is 11.8.